The van der Waals surface area contributed by atoms with Crippen molar-refractivity contribution >= 4 is 34.8 Å². The third kappa shape index (κ3) is 3.77. The standard InChI is InChI=1S/C16H15ClN2O3/c1-10-13(17)4-3-5-14(10)19-16(21)15(20)18-11-6-8-12(22-2)9-7-11/h3-9H,1-2H3,(H,18,20)(H,19,21). The zero-order valence-corrected chi connectivity index (χ0v) is 12.9. The molecule has 22 heavy (non-hydrogen) atoms. The molecule has 0 aliphatic carbocycles. The van der Waals surface area contributed by atoms with Crippen molar-refractivity contribution in [3.63, 3.8) is 0 Å². The summed E-state index contributed by atoms with van der Waals surface area (Å²) in [6.07, 6.45) is 0. The van der Waals surface area contributed by atoms with Gasteiger partial charge in [0.05, 0.1) is 7.11 Å². The van der Waals surface area contributed by atoms with Crippen molar-refractivity contribution in [2.45, 2.75) is 6.92 Å². The minimum Gasteiger partial charge on any atom is -0.497 e. The molecule has 0 unspecified atom stereocenters. The van der Waals surface area contributed by atoms with Crippen LogP contribution in [0.1, 0.15) is 5.56 Å². The van der Waals surface area contributed by atoms with Crippen LogP contribution in [-0.2, 0) is 9.59 Å². The van der Waals surface area contributed by atoms with Crippen LogP contribution in [0.4, 0.5) is 11.4 Å². The van der Waals surface area contributed by atoms with E-state index in [0.29, 0.717) is 27.7 Å². The zero-order chi connectivity index (χ0) is 16.1. The summed E-state index contributed by atoms with van der Waals surface area (Å²) in [4.78, 5) is 23.8. The highest BCUT2D eigenvalue weighted by Gasteiger charge is 2.15. The molecule has 2 rings (SSSR count). The van der Waals surface area contributed by atoms with Crippen molar-refractivity contribution in [2.75, 3.05) is 17.7 Å². The van der Waals surface area contributed by atoms with Gasteiger partial charge in [0, 0.05) is 16.4 Å². The van der Waals surface area contributed by atoms with Gasteiger partial charge in [-0.2, -0.15) is 0 Å². The van der Waals surface area contributed by atoms with E-state index < -0.39 is 11.8 Å². The van der Waals surface area contributed by atoms with E-state index in [4.69, 9.17) is 16.3 Å². The van der Waals surface area contributed by atoms with Gasteiger partial charge in [-0.25, -0.2) is 0 Å². The number of hydrogen-bond acceptors (Lipinski definition) is 3. The van der Waals surface area contributed by atoms with Crippen molar-refractivity contribution in [1.82, 2.24) is 0 Å². The van der Waals surface area contributed by atoms with Gasteiger partial charge in [0.2, 0.25) is 0 Å². The van der Waals surface area contributed by atoms with Gasteiger partial charge in [0.15, 0.2) is 0 Å². The van der Waals surface area contributed by atoms with Gasteiger partial charge in [-0.15, -0.1) is 0 Å². The highest BCUT2D eigenvalue weighted by molar-refractivity contribution is 6.44. The third-order valence-corrected chi connectivity index (χ3v) is 3.48. The summed E-state index contributed by atoms with van der Waals surface area (Å²) in [6, 6.07) is 11.8. The topological polar surface area (TPSA) is 67.4 Å². The van der Waals surface area contributed by atoms with Gasteiger partial charge in [-0.1, -0.05) is 17.7 Å². The number of carbonyl (C=O) groups is 2. The fraction of sp³-hybridized carbons (Fsp3) is 0.125. The first kappa shape index (κ1) is 15.9. The van der Waals surface area contributed by atoms with Gasteiger partial charge in [0.1, 0.15) is 5.75 Å². The number of ether oxygens (including phenoxy) is 1. The Morgan fingerprint density at radius 1 is 1.00 bits per heavy atom. The summed E-state index contributed by atoms with van der Waals surface area (Å²) in [6.45, 7) is 1.76. The second-order valence-electron chi connectivity index (χ2n) is 4.55. The maximum Gasteiger partial charge on any atom is 0.314 e. The summed E-state index contributed by atoms with van der Waals surface area (Å²) in [7, 11) is 1.55. The molecule has 0 radical (unpaired) electrons. The van der Waals surface area contributed by atoms with E-state index in [9.17, 15) is 9.59 Å². The minimum absolute atomic E-state index is 0.502. The molecule has 0 fully saturated rings. The largest absolute Gasteiger partial charge is 0.497 e. The molecule has 2 aromatic carbocycles. The molecule has 2 amide bonds. The van der Waals surface area contributed by atoms with E-state index in [2.05, 4.69) is 10.6 Å². The van der Waals surface area contributed by atoms with Gasteiger partial charge in [-0.05, 0) is 48.9 Å². The molecule has 0 spiro atoms. The van der Waals surface area contributed by atoms with Crippen molar-refractivity contribution in [1.29, 1.82) is 0 Å². The smallest absolute Gasteiger partial charge is 0.314 e. The second kappa shape index (κ2) is 6.95. The number of amides is 2. The molecular weight excluding hydrogens is 304 g/mol. The molecule has 6 heteroatoms. The van der Waals surface area contributed by atoms with E-state index in [1.165, 1.54) is 0 Å². The molecule has 2 N–H and O–H groups in total. The van der Waals surface area contributed by atoms with Crippen LogP contribution < -0.4 is 15.4 Å². The first-order chi connectivity index (χ1) is 10.5. The number of carbonyl (C=O) groups excluding carboxylic acids is 2. The fourth-order valence-corrected chi connectivity index (χ4v) is 1.96. The van der Waals surface area contributed by atoms with Crippen molar-refractivity contribution < 1.29 is 14.3 Å². The lowest BCUT2D eigenvalue weighted by Gasteiger charge is -2.10. The van der Waals surface area contributed by atoms with Crippen molar-refractivity contribution in [3.05, 3.63) is 53.1 Å². The predicted octanol–water partition coefficient (Wildman–Crippen LogP) is 3.23. The predicted molar refractivity (Wildman–Crippen MR) is 86.4 cm³/mol. The van der Waals surface area contributed by atoms with Gasteiger partial charge < -0.3 is 15.4 Å². The number of anilines is 2. The van der Waals surface area contributed by atoms with Crippen LogP contribution in [-0.4, -0.2) is 18.9 Å². The van der Waals surface area contributed by atoms with E-state index >= 15 is 0 Å². The van der Waals surface area contributed by atoms with Crippen LogP contribution in [0, 0.1) is 6.92 Å². The Bertz CT molecular complexity index is 699. The Morgan fingerprint density at radius 2 is 1.64 bits per heavy atom. The molecule has 0 bridgehead atoms. The van der Waals surface area contributed by atoms with Crippen LogP contribution in [0.25, 0.3) is 0 Å². The van der Waals surface area contributed by atoms with Crippen LogP contribution in [0.5, 0.6) is 5.75 Å². The Kier molecular flexibility index (Phi) is 5.01. The molecule has 0 saturated carbocycles. The third-order valence-electron chi connectivity index (χ3n) is 3.07. The fourth-order valence-electron chi connectivity index (χ4n) is 1.78. The lowest BCUT2D eigenvalue weighted by Crippen LogP contribution is -2.29. The molecular formula is C16H15ClN2O3. The number of benzene rings is 2. The van der Waals surface area contributed by atoms with E-state index in [1.54, 1.807) is 56.5 Å². The molecule has 0 aromatic heterocycles. The van der Waals surface area contributed by atoms with Crippen LogP contribution in [0.3, 0.4) is 0 Å². The number of hydrogen-bond donors (Lipinski definition) is 2. The maximum atomic E-state index is 11.9. The molecule has 2 aromatic rings. The summed E-state index contributed by atoms with van der Waals surface area (Å²) in [5, 5.41) is 5.56. The SMILES string of the molecule is COc1ccc(NC(=O)C(=O)Nc2cccc(Cl)c2C)cc1. The molecule has 0 saturated heterocycles. The van der Waals surface area contributed by atoms with E-state index in [-0.39, 0.29) is 0 Å². The number of nitrogens with one attached hydrogen (secondary N) is 2. The van der Waals surface area contributed by atoms with Gasteiger partial charge >= 0.3 is 11.8 Å². The lowest BCUT2D eigenvalue weighted by molar-refractivity contribution is -0.133. The second-order valence-corrected chi connectivity index (χ2v) is 4.96. The quantitative estimate of drug-likeness (QED) is 0.854. The van der Waals surface area contributed by atoms with Crippen LogP contribution in [0.2, 0.25) is 5.02 Å². The van der Waals surface area contributed by atoms with Crippen molar-refractivity contribution in [3.8, 4) is 5.75 Å². The Morgan fingerprint density at radius 3 is 2.27 bits per heavy atom. The molecule has 0 heterocycles. The summed E-state index contributed by atoms with van der Waals surface area (Å²) in [5.41, 5.74) is 1.71. The van der Waals surface area contributed by atoms with Gasteiger partial charge in [0.25, 0.3) is 0 Å². The first-order valence-electron chi connectivity index (χ1n) is 6.52. The molecule has 0 aliphatic rings. The molecule has 0 atom stereocenters. The number of halogens is 1. The van der Waals surface area contributed by atoms with E-state index in [1.807, 2.05) is 0 Å². The average molecular weight is 319 g/mol. The highest BCUT2D eigenvalue weighted by atomic mass is 35.5. The monoisotopic (exact) mass is 318 g/mol. The average Bonchev–Trinajstić information content (AvgIpc) is 2.52. The van der Waals surface area contributed by atoms with Crippen LogP contribution in [0.15, 0.2) is 42.5 Å². The Balaban J connectivity index is 2.02. The summed E-state index contributed by atoms with van der Waals surface area (Å²) < 4.78 is 5.02. The molecule has 114 valence electrons. The Labute approximate surface area is 133 Å². The van der Waals surface area contributed by atoms with E-state index in [0.717, 1.165) is 0 Å². The number of methoxy groups -OCH3 is 1. The summed E-state index contributed by atoms with van der Waals surface area (Å²) >= 11 is 5.97. The number of rotatable bonds is 3. The maximum absolute atomic E-state index is 11.9. The summed E-state index contributed by atoms with van der Waals surface area (Å²) in [5.74, 6) is -0.859. The van der Waals surface area contributed by atoms with Gasteiger partial charge in [-0.3, -0.25) is 9.59 Å². The minimum atomic E-state index is -0.763. The molecule has 0 aliphatic heterocycles. The van der Waals surface area contributed by atoms with Crippen LogP contribution >= 0.6 is 11.6 Å². The normalized spacial score (nSPS) is 9.95. The lowest BCUT2D eigenvalue weighted by atomic mass is 10.2. The highest BCUT2D eigenvalue weighted by Crippen LogP contribution is 2.23. The Hall–Kier alpha value is -2.53. The molecule has 5 nitrogen and oxygen atoms in total. The zero-order valence-electron chi connectivity index (χ0n) is 12.1. The first-order valence-corrected chi connectivity index (χ1v) is 6.90. The van der Waals surface area contributed by atoms with Crippen molar-refractivity contribution in [2.24, 2.45) is 0 Å².